The summed E-state index contributed by atoms with van der Waals surface area (Å²) in [6.07, 6.45) is 2.82. The molecule has 1 aliphatic heterocycles. The van der Waals surface area contributed by atoms with E-state index in [4.69, 9.17) is 0 Å². The number of likely N-dealkylation sites (tertiary alicyclic amines) is 1. The number of nitrogens with one attached hydrogen (secondary N) is 1. The monoisotopic (exact) mass is 256 g/mol. The van der Waals surface area contributed by atoms with Gasteiger partial charge in [-0.3, -0.25) is 9.69 Å². The molecular weight excluding hydrogens is 228 g/mol. The van der Waals surface area contributed by atoms with Gasteiger partial charge in [-0.05, 0) is 25.7 Å². The molecule has 0 aromatic carbocycles. The largest absolute Gasteiger partial charge is 0.387 e. The highest BCUT2D eigenvalue weighted by Gasteiger charge is 2.43. The van der Waals surface area contributed by atoms with Crippen molar-refractivity contribution in [2.45, 2.75) is 58.6 Å². The fourth-order valence-corrected chi connectivity index (χ4v) is 2.40. The molecule has 4 nitrogen and oxygen atoms in total. The smallest absolute Gasteiger partial charge is 0.237 e. The van der Waals surface area contributed by atoms with Crippen LogP contribution in [-0.2, 0) is 4.79 Å². The number of carbonyl (C=O) groups is 1. The van der Waals surface area contributed by atoms with Crippen molar-refractivity contribution in [3.05, 3.63) is 0 Å². The third kappa shape index (κ3) is 4.25. The van der Waals surface area contributed by atoms with Gasteiger partial charge in [0.15, 0.2) is 0 Å². The molecule has 0 saturated carbocycles. The first-order valence-electron chi connectivity index (χ1n) is 7.12. The number of hydrogen-bond acceptors (Lipinski definition) is 3. The lowest BCUT2D eigenvalue weighted by atomic mass is 9.88. The van der Waals surface area contributed by atoms with E-state index in [9.17, 15) is 9.90 Å². The Morgan fingerprint density at radius 1 is 1.39 bits per heavy atom. The molecule has 1 aliphatic rings. The minimum absolute atomic E-state index is 0.0780. The van der Waals surface area contributed by atoms with Crippen LogP contribution in [0.15, 0.2) is 0 Å². The highest BCUT2D eigenvalue weighted by molar-refractivity contribution is 5.81. The van der Waals surface area contributed by atoms with E-state index in [0.717, 1.165) is 25.8 Å². The van der Waals surface area contributed by atoms with Gasteiger partial charge in [-0.15, -0.1) is 0 Å². The summed E-state index contributed by atoms with van der Waals surface area (Å²) in [6, 6.07) is -0.130. The first-order valence-corrected chi connectivity index (χ1v) is 7.12. The number of hydrogen-bond donors (Lipinski definition) is 2. The molecule has 1 amide bonds. The number of aliphatic hydroxyl groups is 1. The van der Waals surface area contributed by atoms with Crippen LogP contribution in [0, 0.1) is 5.92 Å². The molecule has 0 aliphatic carbocycles. The summed E-state index contributed by atoms with van der Waals surface area (Å²) in [5.41, 5.74) is -0.554. The quantitative estimate of drug-likeness (QED) is 0.723. The van der Waals surface area contributed by atoms with E-state index in [1.807, 2.05) is 11.8 Å². The molecule has 0 aromatic heterocycles. The summed E-state index contributed by atoms with van der Waals surface area (Å²) < 4.78 is 0. The van der Waals surface area contributed by atoms with E-state index in [0.29, 0.717) is 19.0 Å². The first-order chi connectivity index (χ1) is 8.38. The molecule has 0 spiro atoms. The van der Waals surface area contributed by atoms with Crippen LogP contribution in [0.25, 0.3) is 0 Å². The van der Waals surface area contributed by atoms with Crippen LogP contribution in [0.1, 0.15) is 47.0 Å². The number of carbonyl (C=O) groups excluding carboxylic acids is 1. The molecule has 1 unspecified atom stereocenters. The van der Waals surface area contributed by atoms with E-state index < -0.39 is 5.60 Å². The second-order valence-electron chi connectivity index (χ2n) is 6.03. The Balaban J connectivity index is 2.25. The zero-order chi connectivity index (χ0) is 13.8. The first kappa shape index (κ1) is 15.4. The average Bonchev–Trinajstić information content (AvgIpc) is 2.24. The molecule has 0 aromatic rings. The van der Waals surface area contributed by atoms with Crippen LogP contribution in [0.3, 0.4) is 0 Å². The summed E-state index contributed by atoms with van der Waals surface area (Å²) in [5, 5.41) is 13.0. The van der Waals surface area contributed by atoms with Crippen molar-refractivity contribution < 1.29 is 9.90 Å². The Kier molecular flexibility index (Phi) is 5.60. The van der Waals surface area contributed by atoms with Crippen LogP contribution in [0.4, 0.5) is 0 Å². The predicted molar refractivity (Wildman–Crippen MR) is 73.4 cm³/mol. The van der Waals surface area contributed by atoms with Crippen molar-refractivity contribution in [3.8, 4) is 0 Å². The van der Waals surface area contributed by atoms with Crippen LogP contribution in [-0.4, -0.2) is 47.2 Å². The molecule has 1 fully saturated rings. The lowest BCUT2D eigenvalue weighted by Gasteiger charge is -2.48. The lowest BCUT2D eigenvalue weighted by molar-refractivity contribution is -0.143. The fourth-order valence-electron chi connectivity index (χ4n) is 2.40. The van der Waals surface area contributed by atoms with Crippen molar-refractivity contribution in [2.75, 3.05) is 19.6 Å². The molecule has 106 valence electrons. The summed E-state index contributed by atoms with van der Waals surface area (Å²) in [6.45, 7) is 10.3. The summed E-state index contributed by atoms with van der Waals surface area (Å²) in [7, 11) is 0. The van der Waals surface area contributed by atoms with Gasteiger partial charge in [0.2, 0.25) is 5.91 Å². The molecule has 0 radical (unpaired) electrons. The van der Waals surface area contributed by atoms with E-state index in [1.165, 1.54) is 0 Å². The summed E-state index contributed by atoms with van der Waals surface area (Å²) >= 11 is 0. The molecule has 18 heavy (non-hydrogen) atoms. The van der Waals surface area contributed by atoms with Crippen molar-refractivity contribution in [2.24, 2.45) is 5.92 Å². The number of β-amino-alcohol motifs (C(OH)–C–C–N with tert-alkyl or cyclic N) is 1. The second-order valence-corrected chi connectivity index (χ2v) is 6.03. The molecule has 1 atom stereocenters. The van der Waals surface area contributed by atoms with Crippen molar-refractivity contribution in [3.63, 3.8) is 0 Å². The van der Waals surface area contributed by atoms with Crippen molar-refractivity contribution in [1.82, 2.24) is 10.2 Å². The SMILES string of the molecule is CCCC1(O)CN(C(C)C(=O)NCCC(C)C)C1. The Labute approximate surface area is 111 Å². The van der Waals surface area contributed by atoms with Crippen LogP contribution in [0.2, 0.25) is 0 Å². The molecule has 2 N–H and O–H groups in total. The topological polar surface area (TPSA) is 52.6 Å². The lowest BCUT2D eigenvalue weighted by Crippen LogP contribution is -2.66. The number of nitrogens with zero attached hydrogens (tertiary/aromatic N) is 1. The average molecular weight is 256 g/mol. The van der Waals surface area contributed by atoms with Gasteiger partial charge < -0.3 is 10.4 Å². The molecule has 0 bridgehead atoms. The Bertz CT molecular complexity index is 273. The van der Waals surface area contributed by atoms with Gasteiger partial charge in [0.1, 0.15) is 0 Å². The van der Waals surface area contributed by atoms with Gasteiger partial charge in [0.25, 0.3) is 0 Å². The number of rotatable bonds is 7. The van der Waals surface area contributed by atoms with E-state index >= 15 is 0 Å². The molecular formula is C14H28N2O2. The Morgan fingerprint density at radius 2 is 2.00 bits per heavy atom. The van der Waals surface area contributed by atoms with Crippen molar-refractivity contribution in [1.29, 1.82) is 0 Å². The second kappa shape index (κ2) is 6.53. The zero-order valence-electron chi connectivity index (χ0n) is 12.2. The molecule has 1 heterocycles. The van der Waals surface area contributed by atoms with Gasteiger partial charge >= 0.3 is 0 Å². The van der Waals surface area contributed by atoms with E-state index in [2.05, 4.69) is 26.1 Å². The predicted octanol–water partition coefficient (Wildman–Crippen LogP) is 1.38. The van der Waals surface area contributed by atoms with Gasteiger partial charge in [-0.25, -0.2) is 0 Å². The Morgan fingerprint density at radius 3 is 2.50 bits per heavy atom. The van der Waals surface area contributed by atoms with Gasteiger partial charge in [-0.2, -0.15) is 0 Å². The highest BCUT2D eigenvalue weighted by atomic mass is 16.3. The highest BCUT2D eigenvalue weighted by Crippen LogP contribution is 2.27. The summed E-state index contributed by atoms with van der Waals surface area (Å²) in [4.78, 5) is 13.9. The van der Waals surface area contributed by atoms with Crippen LogP contribution in [0.5, 0.6) is 0 Å². The maximum absolute atomic E-state index is 11.9. The molecule has 1 saturated heterocycles. The van der Waals surface area contributed by atoms with Crippen LogP contribution < -0.4 is 5.32 Å². The third-order valence-electron chi connectivity index (χ3n) is 3.66. The van der Waals surface area contributed by atoms with Gasteiger partial charge in [-0.1, -0.05) is 27.2 Å². The standard InChI is InChI=1S/C14H28N2O2/c1-5-7-14(18)9-16(10-14)12(4)13(17)15-8-6-11(2)3/h11-12,18H,5-10H2,1-4H3,(H,15,17). The minimum atomic E-state index is -0.554. The van der Waals surface area contributed by atoms with Crippen LogP contribution >= 0.6 is 0 Å². The zero-order valence-corrected chi connectivity index (χ0v) is 12.2. The van der Waals surface area contributed by atoms with E-state index in [-0.39, 0.29) is 11.9 Å². The molecule has 4 heteroatoms. The minimum Gasteiger partial charge on any atom is -0.387 e. The van der Waals surface area contributed by atoms with Gasteiger partial charge in [0.05, 0.1) is 11.6 Å². The summed E-state index contributed by atoms with van der Waals surface area (Å²) in [5.74, 6) is 0.688. The third-order valence-corrected chi connectivity index (χ3v) is 3.66. The van der Waals surface area contributed by atoms with Crippen molar-refractivity contribution >= 4 is 5.91 Å². The van der Waals surface area contributed by atoms with E-state index in [1.54, 1.807) is 0 Å². The Hall–Kier alpha value is -0.610. The maximum Gasteiger partial charge on any atom is 0.237 e. The normalized spacial score (nSPS) is 20.6. The fraction of sp³-hybridized carbons (Fsp3) is 0.929. The number of amides is 1. The molecule has 1 rings (SSSR count). The van der Waals surface area contributed by atoms with Gasteiger partial charge in [0, 0.05) is 19.6 Å². The maximum atomic E-state index is 11.9.